The fourth-order valence-corrected chi connectivity index (χ4v) is 3.28. The van der Waals surface area contributed by atoms with E-state index in [0.717, 1.165) is 23.8 Å². The molecule has 0 aromatic heterocycles. The Morgan fingerprint density at radius 3 is 2.29 bits per heavy atom. The van der Waals surface area contributed by atoms with Crippen molar-refractivity contribution in [3.8, 4) is 0 Å². The number of amides is 1. The van der Waals surface area contributed by atoms with Gasteiger partial charge in [0.25, 0.3) is 0 Å². The first-order valence-electron chi connectivity index (χ1n) is 8.01. The highest BCUT2D eigenvalue weighted by Gasteiger charge is 2.33. The molecule has 4 heteroatoms. The molecule has 4 nitrogen and oxygen atoms in total. The van der Waals surface area contributed by atoms with Gasteiger partial charge in [0.15, 0.2) is 0 Å². The quantitative estimate of drug-likeness (QED) is 0.895. The second-order valence-electron chi connectivity index (χ2n) is 6.61. The van der Waals surface area contributed by atoms with Gasteiger partial charge in [-0.15, -0.1) is 0 Å². The molecule has 0 radical (unpaired) electrons. The SMILES string of the molecule is CC(C)C(=O)Nc1ccc(NC2CN3CCC2CC3)cc1. The highest BCUT2D eigenvalue weighted by Crippen LogP contribution is 2.29. The number of anilines is 2. The first-order valence-corrected chi connectivity index (χ1v) is 8.01. The molecule has 3 aliphatic heterocycles. The zero-order chi connectivity index (χ0) is 14.8. The maximum atomic E-state index is 11.7. The van der Waals surface area contributed by atoms with Gasteiger partial charge in [-0.2, -0.15) is 0 Å². The Labute approximate surface area is 126 Å². The van der Waals surface area contributed by atoms with E-state index >= 15 is 0 Å². The Morgan fingerprint density at radius 2 is 1.76 bits per heavy atom. The fraction of sp³-hybridized carbons (Fsp3) is 0.588. The number of hydrogen-bond donors (Lipinski definition) is 2. The Hall–Kier alpha value is -1.55. The summed E-state index contributed by atoms with van der Waals surface area (Å²) in [5.74, 6) is 0.887. The van der Waals surface area contributed by atoms with Gasteiger partial charge in [-0.3, -0.25) is 4.79 Å². The number of carbonyl (C=O) groups is 1. The fourth-order valence-electron chi connectivity index (χ4n) is 3.28. The molecule has 21 heavy (non-hydrogen) atoms. The molecule has 3 fully saturated rings. The van der Waals surface area contributed by atoms with Crippen LogP contribution in [0.3, 0.4) is 0 Å². The van der Waals surface area contributed by atoms with Crippen LogP contribution < -0.4 is 10.6 Å². The van der Waals surface area contributed by atoms with Gasteiger partial charge >= 0.3 is 0 Å². The Morgan fingerprint density at radius 1 is 1.14 bits per heavy atom. The molecule has 0 aliphatic carbocycles. The molecule has 1 unspecified atom stereocenters. The third kappa shape index (κ3) is 3.38. The number of nitrogens with one attached hydrogen (secondary N) is 2. The van der Waals surface area contributed by atoms with Gasteiger partial charge < -0.3 is 15.5 Å². The third-order valence-electron chi connectivity index (χ3n) is 4.69. The third-order valence-corrected chi connectivity index (χ3v) is 4.69. The van der Waals surface area contributed by atoms with Gasteiger partial charge in [-0.25, -0.2) is 0 Å². The molecule has 0 spiro atoms. The minimum absolute atomic E-state index is 0.00893. The van der Waals surface area contributed by atoms with Gasteiger partial charge in [0, 0.05) is 29.9 Å². The highest BCUT2D eigenvalue weighted by atomic mass is 16.1. The van der Waals surface area contributed by atoms with E-state index in [1.54, 1.807) is 0 Å². The molecular weight excluding hydrogens is 262 g/mol. The summed E-state index contributed by atoms with van der Waals surface area (Å²) in [6, 6.07) is 8.65. The summed E-state index contributed by atoms with van der Waals surface area (Å²) in [5.41, 5.74) is 2.02. The van der Waals surface area contributed by atoms with Crippen LogP contribution in [0.1, 0.15) is 26.7 Å². The molecule has 1 amide bonds. The van der Waals surface area contributed by atoms with E-state index in [0.29, 0.717) is 6.04 Å². The summed E-state index contributed by atoms with van der Waals surface area (Å²) in [6.07, 6.45) is 2.64. The summed E-state index contributed by atoms with van der Waals surface area (Å²) < 4.78 is 0. The first kappa shape index (κ1) is 14.4. The maximum absolute atomic E-state index is 11.7. The van der Waals surface area contributed by atoms with Crippen LogP contribution in [0.2, 0.25) is 0 Å². The molecule has 3 saturated heterocycles. The monoisotopic (exact) mass is 287 g/mol. The lowest BCUT2D eigenvalue weighted by atomic mass is 9.84. The van der Waals surface area contributed by atoms with Crippen LogP contribution in [0.4, 0.5) is 11.4 Å². The summed E-state index contributed by atoms with van der Waals surface area (Å²) >= 11 is 0. The lowest BCUT2D eigenvalue weighted by Gasteiger charge is -2.45. The van der Waals surface area contributed by atoms with Gasteiger partial charge in [0.2, 0.25) is 5.91 Å². The average molecular weight is 287 g/mol. The largest absolute Gasteiger partial charge is 0.381 e. The van der Waals surface area contributed by atoms with E-state index < -0.39 is 0 Å². The summed E-state index contributed by atoms with van der Waals surface area (Å²) in [6.45, 7) is 7.50. The van der Waals surface area contributed by atoms with E-state index in [1.807, 2.05) is 26.0 Å². The number of nitrogens with zero attached hydrogens (tertiary/aromatic N) is 1. The van der Waals surface area contributed by atoms with E-state index in [2.05, 4.69) is 27.7 Å². The van der Waals surface area contributed by atoms with Crippen molar-refractivity contribution in [1.82, 2.24) is 4.90 Å². The number of benzene rings is 1. The molecule has 2 bridgehead atoms. The molecule has 1 atom stereocenters. The second kappa shape index (κ2) is 6.06. The number of carbonyl (C=O) groups excluding carboxylic acids is 1. The molecule has 3 aliphatic rings. The van der Waals surface area contributed by atoms with Crippen LogP contribution in [-0.4, -0.2) is 36.5 Å². The first-order chi connectivity index (χ1) is 10.1. The van der Waals surface area contributed by atoms with E-state index in [-0.39, 0.29) is 11.8 Å². The predicted octanol–water partition coefficient (Wildman–Crippen LogP) is 2.79. The molecule has 2 N–H and O–H groups in total. The Bertz CT molecular complexity index is 489. The van der Waals surface area contributed by atoms with Gasteiger partial charge in [0.05, 0.1) is 0 Å². The average Bonchev–Trinajstić information content (AvgIpc) is 2.50. The van der Waals surface area contributed by atoms with Crippen LogP contribution in [0.5, 0.6) is 0 Å². The number of piperidine rings is 3. The van der Waals surface area contributed by atoms with E-state index in [1.165, 1.54) is 25.9 Å². The predicted molar refractivity (Wildman–Crippen MR) is 86.5 cm³/mol. The number of fused-ring (bicyclic) bond motifs is 3. The summed E-state index contributed by atoms with van der Waals surface area (Å²) in [7, 11) is 0. The van der Waals surface area contributed by atoms with Crippen molar-refractivity contribution in [2.75, 3.05) is 30.3 Å². The lowest BCUT2D eigenvalue weighted by molar-refractivity contribution is -0.118. The van der Waals surface area contributed by atoms with Crippen LogP contribution in [0, 0.1) is 11.8 Å². The van der Waals surface area contributed by atoms with Crippen LogP contribution in [0.25, 0.3) is 0 Å². The number of rotatable bonds is 4. The van der Waals surface area contributed by atoms with Crippen molar-refractivity contribution in [1.29, 1.82) is 0 Å². The zero-order valence-corrected chi connectivity index (χ0v) is 12.9. The zero-order valence-electron chi connectivity index (χ0n) is 12.9. The topological polar surface area (TPSA) is 44.4 Å². The minimum Gasteiger partial charge on any atom is -0.381 e. The van der Waals surface area contributed by atoms with Crippen molar-refractivity contribution in [2.45, 2.75) is 32.7 Å². The summed E-state index contributed by atoms with van der Waals surface area (Å²) in [4.78, 5) is 14.2. The number of hydrogen-bond acceptors (Lipinski definition) is 3. The minimum atomic E-state index is 0.00893. The molecule has 4 rings (SSSR count). The molecular formula is C17H25N3O. The van der Waals surface area contributed by atoms with Crippen LogP contribution >= 0.6 is 0 Å². The smallest absolute Gasteiger partial charge is 0.226 e. The van der Waals surface area contributed by atoms with Crippen molar-refractivity contribution in [3.05, 3.63) is 24.3 Å². The lowest BCUT2D eigenvalue weighted by Crippen LogP contribution is -2.53. The van der Waals surface area contributed by atoms with Crippen LogP contribution in [-0.2, 0) is 4.79 Å². The van der Waals surface area contributed by atoms with Crippen LogP contribution in [0.15, 0.2) is 24.3 Å². The van der Waals surface area contributed by atoms with E-state index in [9.17, 15) is 4.79 Å². The van der Waals surface area contributed by atoms with Crippen molar-refractivity contribution in [3.63, 3.8) is 0 Å². The van der Waals surface area contributed by atoms with Crippen molar-refractivity contribution >= 4 is 17.3 Å². The molecule has 3 heterocycles. The molecule has 1 aromatic carbocycles. The van der Waals surface area contributed by atoms with Gasteiger partial charge in [-0.1, -0.05) is 13.8 Å². The molecule has 0 saturated carbocycles. The standard InChI is InChI=1S/C17H25N3O/c1-12(2)17(21)19-15-5-3-14(4-6-15)18-16-11-20-9-7-13(16)8-10-20/h3-6,12-13,16,18H,7-11H2,1-2H3,(H,19,21). The van der Waals surface area contributed by atoms with E-state index in [4.69, 9.17) is 0 Å². The summed E-state index contributed by atoms with van der Waals surface area (Å²) in [5, 5.41) is 6.59. The second-order valence-corrected chi connectivity index (χ2v) is 6.61. The van der Waals surface area contributed by atoms with Crippen molar-refractivity contribution in [2.24, 2.45) is 11.8 Å². The normalized spacial score (nSPS) is 27.7. The van der Waals surface area contributed by atoms with Gasteiger partial charge in [0.1, 0.15) is 0 Å². The molecule has 1 aromatic rings. The highest BCUT2D eigenvalue weighted by molar-refractivity contribution is 5.92. The Kier molecular flexibility index (Phi) is 4.15. The van der Waals surface area contributed by atoms with Crippen molar-refractivity contribution < 1.29 is 4.79 Å². The Balaban J connectivity index is 1.58. The molecule has 114 valence electrons. The maximum Gasteiger partial charge on any atom is 0.226 e. The van der Waals surface area contributed by atoms with Gasteiger partial charge in [-0.05, 0) is 56.1 Å².